The average molecular weight is 602 g/mol. The maximum Gasteiger partial charge on any atom is 0.338 e. The normalized spacial score (nSPS) is 15.4. The first-order valence-electron chi connectivity index (χ1n) is 12.3. The number of carbonyl (C=O) groups excluding carboxylic acids is 2. The summed E-state index contributed by atoms with van der Waals surface area (Å²) in [6.45, 7) is 2.53. The van der Waals surface area contributed by atoms with Crippen molar-refractivity contribution in [2.75, 3.05) is 13.7 Å². The van der Waals surface area contributed by atoms with E-state index in [1.54, 1.807) is 38.2 Å². The van der Waals surface area contributed by atoms with Crippen molar-refractivity contribution in [1.29, 1.82) is 0 Å². The highest BCUT2D eigenvalue weighted by Crippen LogP contribution is 2.35. The summed E-state index contributed by atoms with van der Waals surface area (Å²) in [5, 5.41) is 2.94. The molecular formula is C31H25BrN2O4S. The number of hydrogen-bond donors (Lipinski definition) is 0. The maximum absolute atomic E-state index is 12.9. The van der Waals surface area contributed by atoms with Gasteiger partial charge in [-0.3, -0.25) is 9.69 Å². The number of ether oxygens (including phenoxy) is 2. The molecule has 1 heterocycles. The van der Waals surface area contributed by atoms with Crippen LogP contribution in [0.4, 0.5) is 5.69 Å². The molecule has 1 saturated heterocycles. The Balaban J connectivity index is 1.27. The molecule has 4 aromatic rings. The summed E-state index contributed by atoms with van der Waals surface area (Å²) >= 11 is 4.91. The summed E-state index contributed by atoms with van der Waals surface area (Å²) in [4.78, 5) is 31.4. The Labute approximate surface area is 239 Å². The molecule has 0 saturated carbocycles. The summed E-state index contributed by atoms with van der Waals surface area (Å²) < 4.78 is 11.9. The van der Waals surface area contributed by atoms with E-state index in [0.717, 1.165) is 21.3 Å². The molecule has 4 aromatic carbocycles. The summed E-state index contributed by atoms with van der Waals surface area (Å²) in [7, 11) is 1.70. The van der Waals surface area contributed by atoms with Crippen LogP contribution in [0.5, 0.6) is 5.75 Å². The van der Waals surface area contributed by atoms with E-state index in [1.165, 1.54) is 27.4 Å². The van der Waals surface area contributed by atoms with Crippen molar-refractivity contribution in [3.05, 3.63) is 111 Å². The molecule has 6 nitrogen and oxygen atoms in total. The average Bonchev–Trinajstić information content (AvgIpc) is 3.20. The van der Waals surface area contributed by atoms with Gasteiger partial charge >= 0.3 is 5.97 Å². The molecule has 0 unspecified atom stereocenters. The lowest BCUT2D eigenvalue weighted by atomic mass is 10.1. The molecule has 1 aliphatic rings. The van der Waals surface area contributed by atoms with Gasteiger partial charge in [-0.1, -0.05) is 42.5 Å². The number of aliphatic imine (C=N–C) groups is 1. The third-order valence-corrected chi connectivity index (χ3v) is 7.75. The fourth-order valence-corrected chi connectivity index (χ4v) is 5.51. The van der Waals surface area contributed by atoms with Gasteiger partial charge in [0.2, 0.25) is 0 Å². The summed E-state index contributed by atoms with van der Waals surface area (Å²) in [6, 6.07) is 27.1. The van der Waals surface area contributed by atoms with Gasteiger partial charge in [0.1, 0.15) is 12.4 Å². The van der Waals surface area contributed by atoms with Crippen LogP contribution < -0.4 is 4.74 Å². The van der Waals surface area contributed by atoms with E-state index in [0.29, 0.717) is 34.5 Å². The second-order valence-corrected chi connectivity index (χ2v) is 10.7. The molecule has 8 heteroatoms. The minimum absolute atomic E-state index is 0.130. The van der Waals surface area contributed by atoms with Gasteiger partial charge in [-0.05, 0) is 105 Å². The van der Waals surface area contributed by atoms with Crippen molar-refractivity contribution in [3.63, 3.8) is 0 Å². The molecule has 1 amide bonds. The number of rotatable bonds is 7. The van der Waals surface area contributed by atoms with Gasteiger partial charge < -0.3 is 9.47 Å². The lowest BCUT2D eigenvalue weighted by Gasteiger charge is -2.10. The molecule has 0 aliphatic carbocycles. The molecule has 196 valence electrons. The number of halogens is 1. The monoisotopic (exact) mass is 600 g/mol. The van der Waals surface area contributed by atoms with Crippen molar-refractivity contribution < 1.29 is 19.1 Å². The first-order valence-corrected chi connectivity index (χ1v) is 14.0. The van der Waals surface area contributed by atoms with Crippen molar-refractivity contribution in [3.8, 4) is 5.75 Å². The summed E-state index contributed by atoms with van der Waals surface area (Å²) in [5.41, 5.74) is 3.05. The van der Waals surface area contributed by atoms with Gasteiger partial charge in [0.15, 0.2) is 5.17 Å². The molecule has 1 fully saturated rings. The third kappa shape index (κ3) is 6.24. The molecule has 0 spiro atoms. The topological polar surface area (TPSA) is 68.2 Å². The highest BCUT2D eigenvalue weighted by Gasteiger charge is 2.30. The van der Waals surface area contributed by atoms with Gasteiger partial charge in [-0.15, -0.1) is 0 Å². The third-order valence-electron chi connectivity index (χ3n) is 6.07. The molecule has 1 aliphatic heterocycles. The van der Waals surface area contributed by atoms with E-state index in [-0.39, 0.29) is 11.9 Å². The summed E-state index contributed by atoms with van der Waals surface area (Å²) in [5.74, 6) is 0.219. The number of benzene rings is 4. The SMILES string of the molecule is CCOC(=O)c1ccc(N=C2S/C(=C\c3ccc(OCc4ccc5ccccc5c4)c(Br)c3)C(=O)N2C)cc1. The zero-order valence-electron chi connectivity index (χ0n) is 21.4. The quantitative estimate of drug-likeness (QED) is 0.161. The Bertz CT molecular complexity index is 1610. The zero-order chi connectivity index (χ0) is 27.4. The van der Waals surface area contributed by atoms with Crippen LogP contribution in [0.1, 0.15) is 28.4 Å². The molecule has 0 bridgehead atoms. The molecule has 39 heavy (non-hydrogen) atoms. The predicted molar refractivity (Wildman–Crippen MR) is 160 cm³/mol. The number of likely N-dealkylation sites (N-methyl/N-ethyl adjacent to an activating group) is 1. The number of carbonyl (C=O) groups is 2. The second kappa shape index (κ2) is 11.9. The van der Waals surface area contributed by atoms with Crippen LogP contribution in [0, 0.1) is 0 Å². The Kier molecular flexibility index (Phi) is 8.14. The first-order chi connectivity index (χ1) is 18.9. The Morgan fingerprint density at radius 2 is 1.77 bits per heavy atom. The van der Waals surface area contributed by atoms with E-state index in [9.17, 15) is 9.59 Å². The van der Waals surface area contributed by atoms with Crippen LogP contribution in [0.3, 0.4) is 0 Å². The number of thioether (sulfide) groups is 1. The van der Waals surface area contributed by atoms with Crippen LogP contribution in [0.25, 0.3) is 16.8 Å². The van der Waals surface area contributed by atoms with Gasteiger partial charge in [0, 0.05) is 7.05 Å². The largest absolute Gasteiger partial charge is 0.488 e. The molecule has 5 rings (SSSR count). The molecule has 0 aromatic heterocycles. The smallest absolute Gasteiger partial charge is 0.338 e. The van der Waals surface area contributed by atoms with E-state index < -0.39 is 0 Å². The Morgan fingerprint density at radius 3 is 2.51 bits per heavy atom. The molecular weight excluding hydrogens is 576 g/mol. The van der Waals surface area contributed by atoms with E-state index >= 15 is 0 Å². The van der Waals surface area contributed by atoms with Crippen LogP contribution in [-0.2, 0) is 16.1 Å². The number of esters is 1. The number of nitrogens with zero attached hydrogens (tertiary/aromatic N) is 2. The lowest BCUT2D eigenvalue weighted by molar-refractivity contribution is -0.121. The van der Waals surface area contributed by atoms with Crippen molar-refractivity contribution in [1.82, 2.24) is 4.90 Å². The molecule has 0 N–H and O–H groups in total. The van der Waals surface area contributed by atoms with E-state index in [2.05, 4.69) is 51.3 Å². The number of fused-ring (bicyclic) bond motifs is 1. The van der Waals surface area contributed by atoms with E-state index in [1.807, 2.05) is 36.4 Å². The highest BCUT2D eigenvalue weighted by molar-refractivity contribution is 9.10. The summed E-state index contributed by atoms with van der Waals surface area (Å²) in [6.07, 6.45) is 1.84. The van der Waals surface area contributed by atoms with Gasteiger partial charge in [0.25, 0.3) is 5.91 Å². The standard InChI is InChI=1S/C31H25BrN2O4S/c1-3-37-30(36)23-11-13-25(14-12-23)33-31-34(2)29(35)28(39-31)18-20-9-15-27(26(32)17-20)38-19-21-8-10-22-6-4-5-7-24(22)16-21/h4-18H,3,19H2,1-2H3/b28-18-,33-31?. The van der Waals surface area contributed by atoms with Crippen LogP contribution in [-0.4, -0.2) is 35.6 Å². The minimum Gasteiger partial charge on any atom is -0.488 e. The van der Waals surface area contributed by atoms with Gasteiger partial charge in [-0.2, -0.15) is 0 Å². The van der Waals surface area contributed by atoms with Crippen LogP contribution in [0.15, 0.2) is 99.3 Å². The van der Waals surface area contributed by atoms with Crippen LogP contribution in [0.2, 0.25) is 0 Å². The van der Waals surface area contributed by atoms with Crippen molar-refractivity contribution in [2.45, 2.75) is 13.5 Å². The first kappa shape index (κ1) is 26.7. The Hall–Kier alpha value is -3.88. The fraction of sp³-hybridized carbons (Fsp3) is 0.129. The number of amidine groups is 1. The zero-order valence-corrected chi connectivity index (χ0v) is 23.8. The molecule has 0 radical (unpaired) electrons. The fourth-order valence-electron chi connectivity index (χ4n) is 4.01. The van der Waals surface area contributed by atoms with E-state index in [4.69, 9.17) is 9.47 Å². The lowest BCUT2D eigenvalue weighted by Crippen LogP contribution is -2.23. The van der Waals surface area contributed by atoms with Gasteiger partial charge in [-0.25, -0.2) is 9.79 Å². The van der Waals surface area contributed by atoms with Crippen LogP contribution >= 0.6 is 27.7 Å². The molecule has 0 atom stereocenters. The van der Waals surface area contributed by atoms with Gasteiger partial charge in [0.05, 0.1) is 27.2 Å². The maximum atomic E-state index is 12.9. The number of amides is 1. The number of hydrogen-bond acceptors (Lipinski definition) is 6. The van der Waals surface area contributed by atoms with Crippen molar-refractivity contribution >= 4 is 67.3 Å². The Morgan fingerprint density at radius 1 is 1.00 bits per heavy atom. The second-order valence-electron chi connectivity index (χ2n) is 8.80. The highest BCUT2D eigenvalue weighted by atomic mass is 79.9. The minimum atomic E-state index is -0.374. The predicted octanol–water partition coefficient (Wildman–Crippen LogP) is 7.59. The van der Waals surface area contributed by atoms with Crippen molar-refractivity contribution in [2.24, 2.45) is 4.99 Å².